The van der Waals surface area contributed by atoms with Crippen LogP contribution in [0.1, 0.15) is 20.3 Å². The molecule has 1 saturated heterocycles. The summed E-state index contributed by atoms with van der Waals surface area (Å²) in [5.74, 6) is -0.103. The summed E-state index contributed by atoms with van der Waals surface area (Å²) in [7, 11) is 0. The van der Waals surface area contributed by atoms with Gasteiger partial charge in [-0.2, -0.15) is 0 Å². The molecule has 1 unspecified atom stereocenters. The van der Waals surface area contributed by atoms with Gasteiger partial charge in [0, 0.05) is 13.1 Å². The molecule has 1 aliphatic rings. The van der Waals surface area contributed by atoms with Gasteiger partial charge in [-0.25, -0.2) is 0 Å². The predicted molar refractivity (Wildman–Crippen MR) is 42.5 cm³/mol. The first-order valence-electron chi connectivity index (χ1n) is 4.08. The number of nitrogens with zero attached hydrogens (tertiary/aromatic N) is 1. The number of carboxylic acids is 1. The molecule has 0 aliphatic carbocycles. The second-order valence-electron chi connectivity index (χ2n) is 3.53. The van der Waals surface area contributed by atoms with Gasteiger partial charge in [-0.3, -0.25) is 9.69 Å². The molecule has 3 heteroatoms. The van der Waals surface area contributed by atoms with Crippen molar-refractivity contribution in [3.8, 4) is 0 Å². The van der Waals surface area contributed by atoms with Crippen LogP contribution in [0, 0.1) is 5.92 Å². The van der Waals surface area contributed by atoms with E-state index >= 15 is 0 Å². The summed E-state index contributed by atoms with van der Waals surface area (Å²) >= 11 is 0. The Morgan fingerprint density at radius 1 is 1.73 bits per heavy atom. The number of carboxylic acid groups (broad SMARTS) is 1. The minimum atomic E-state index is -0.670. The van der Waals surface area contributed by atoms with Crippen molar-refractivity contribution in [2.45, 2.75) is 26.3 Å². The van der Waals surface area contributed by atoms with E-state index in [4.69, 9.17) is 5.11 Å². The van der Waals surface area contributed by atoms with Crippen molar-refractivity contribution in [2.75, 3.05) is 13.1 Å². The lowest BCUT2D eigenvalue weighted by molar-refractivity contribution is -0.148. The van der Waals surface area contributed by atoms with Gasteiger partial charge in [0.2, 0.25) is 0 Å². The monoisotopic (exact) mass is 157 g/mol. The van der Waals surface area contributed by atoms with Gasteiger partial charge in [-0.05, 0) is 12.3 Å². The molecule has 1 fully saturated rings. The van der Waals surface area contributed by atoms with Crippen LogP contribution in [0.3, 0.4) is 0 Å². The highest BCUT2D eigenvalue weighted by Gasteiger charge is 2.33. The summed E-state index contributed by atoms with van der Waals surface area (Å²) in [6.45, 7) is 6.08. The second kappa shape index (κ2) is 3.22. The number of likely N-dealkylation sites (tertiary alicyclic amines) is 1. The first-order chi connectivity index (χ1) is 5.11. The molecule has 0 spiro atoms. The van der Waals surface area contributed by atoms with Crippen LogP contribution < -0.4 is 0 Å². The Labute approximate surface area is 67.0 Å². The standard InChI is InChI=1S/C8H15NO2/c1-6(2)5-9-4-3-7(9)8(10)11/h6-7H,3-5H2,1-2H3,(H,10,11). The molecule has 1 rings (SSSR count). The zero-order chi connectivity index (χ0) is 8.43. The number of hydrogen-bond acceptors (Lipinski definition) is 2. The molecule has 1 atom stereocenters. The summed E-state index contributed by atoms with van der Waals surface area (Å²) in [5.41, 5.74) is 0. The van der Waals surface area contributed by atoms with E-state index in [1.165, 1.54) is 0 Å². The summed E-state index contributed by atoms with van der Waals surface area (Å²) in [5, 5.41) is 8.67. The Morgan fingerprint density at radius 2 is 2.36 bits per heavy atom. The highest BCUT2D eigenvalue weighted by molar-refractivity contribution is 5.74. The molecule has 3 nitrogen and oxygen atoms in total. The SMILES string of the molecule is CC(C)CN1CCC1C(=O)O. The molecule has 11 heavy (non-hydrogen) atoms. The van der Waals surface area contributed by atoms with Crippen LogP contribution in [0.4, 0.5) is 0 Å². The quantitative estimate of drug-likeness (QED) is 0.658. The molecule has 1 heterocycles. The molecule has 0 saturated carbocycles. The lowest BCUT2D eigenvalue weighted by atomic mass is 10.0. The Hall–Kier alpha value is -0.570. The van der Waals surface area contributed by atoms with Crippen LogP contribution in [-0.4, -0.2) is 35.1 Å². The third kappa shape index (κ3) is 1.93. The van der Waals surface area contributed by atoms with Crippen molar-refractivity contribution in [1.29, 1.82) is 0 Å². The van der Waals surface area contributed by atoms with E-state index in [1.807, 2.05) is 4.90 Å². The zero-order valence-corrected chi connectivity index (χ0v) is 7.08. The Kier molecular flexibility index (Phi) is 2.49. The first kappa shape index (κ1) is 8.53. The van der Waals surface area contributed by atoms with Crippen molar-refractivity contribution in [3.63, 3.8) is 0 Å². The smallest absolute Gasteiger partial charge is 0.320 e. The average Bonchev–Trinajstić information content (AvgIpc) is 1.78. The van der Waals surface area contributed by atoms with Gasteiger partial charge in [0.15, 0.2) is 0 Å². The lowest BCUT2D eigenvalue weighted by Gasteiger charge is -2.38. The van der Waals surface area contributed by atoms with E-state index in [1.54, 1.807) is 0 Å². The van der Waals surface area contributed by atoms with E-state index in [-0.39, 0.29) is 6.04 Å². The lowest BCUT2D eigenvalue weighted by Crippen LogP contribution is -2.53. The maximum atomic E-state index is 10.5. The number of rotatable bonds is 3. The van der Waals surface area contributed by atoms with Gasteiger partial charge in [0.05, 0.1) is 0 Å². The summed E-state index contributed by atoms with van der Waals surface area (Å²) in [4.78, 5) is 12.6. The van der Waals surface area contributed by atoms with Crippen molar-refractivity contribution in [2.24, 2.45) is 5.92 Å². The van der Waals surface area contributed by atoms with Gasteiger partial charge in [-0.1, -0.05) is 13.8 Å². The van der Waals surface area contributed by atoms with Gasteiger partial charge in [0.25, 0.3) is 0 Å². The van der Waals surface area contributed by atoms with Crippen LogP contribution in [-0.2, 0) is 4.79 Å². The van der Waals surface area contributed by atoms with Crippen molar-refractivity contribution >= 4 is 5.97 Å². The molecule has 1 aliphatic heterocycles. The van der Waals surface area contributed by atoms with Gasteiger partial charge in [-0.15, -0.1) is 0 Å². The third-order valence-electron chi connectivity index (χ3n) is 2.02. The van der Waals surface area contributed by atoms with E-state index in [0.29, 0.717) is 5.92 Å². The van der Waals surface area contributed by atoms with Crippen molar-refractivity contribution in [3.05, 3.63) is 0 Å². The van der Waals surface area contributed by atoms with Crippen LogP contribution >= 0.6 is 0 Å². The molecular formula is C8H15NO2. The molecule has 64 valence electrons. The van der Waals surface area contributed by atoms with E-state index in [9.17, 15) is 4.79 Å². The Morgan fingerprint density at radius 3 is 2.64 bits per heavy atom. The highest BCUT2D eigenvalue weighted by Crippen LogP contribution is 2.18. The Bertz CT molecular complexity index is 156. The van der Waals surface area contributed by atoms with Crippen molar-refractivity contribution < 1.29 is 9.90 Å². The maximum absolute atomic E-state index is 10.5. The zero-order valence-electron chi connectivity index (χ0n) is 7.08. The average molecular weight is 157 g/mol. The normalized spacial score (nSPS) is 25.2. The number of hydrogen-bond donors (Lipinski definition) is 1. The van der Waals surface area contributed by atoms with Gasteiger partial charge in [0.1, 0.15) is 6.04 Å². The first-order valence-corrected chi connectivity index (χ1v) is 4.08. The maximum Gasteiger partial charge on any atom is 0.320 e. The second-order valence-corrected chi connectivity index (χ2v) is 3.53. The minimum absolute atomic E-state index is 0.197. The number of aliphatic carboxylic acids is 1. The minimum Gasteiger partial charge on any atom is -0.480 e. The summed E-state index contributed by atoms with van der Waals surface area (Å²) in [6, 6.07) is -0.197. The number of carbonyl (C=O) groups is 1. The largest absolute Gasteiger partial charge is 0.480 e. The third-order valence-corrected chi connectivity index (χ3v) is 2.02. The van der Waals surface area contributed by atoms with E-state index in [0.717, 1.165) is 19.5 Å². The molecule has 0 aromatic rings. The van der Waals surface area contributed by atoms with Crippen molar-refractivity contribution in [1.82, 2.24) is 4.90 Å². The Balaban J connectivity index is 2.31. The molecule has 0 aromatic heterocycles. The molecule has 0 bridgehead atoms. The van der Waals surface area contributed by atoms with Crippen LogP contribution in [0.25, 0.3) is 0 Å². The fourth-order valence-electron chi connectivity index (χ4n) is 1.41. The van der Waals surface area contributed by atoms with E-state index in [2.05, 4.69) is 13.8 Å². The van der Waals surface area contributed by atoms with Gasteiger partial charge >= 0.3 is 5.97 Å². The van der Waals surface area contributed by atoms with Crippen LogP contribution in [0.2, 0.25) is 0 Å². The molecule has 0 amide bonds. The molecule has 1 N–H and O–H groups in total. The fourth-order valence-corrected chi connectivity index (χ4v) is 1.41. The molecule has 0 radical (unpaired) electrons. The molecular weight excluding hydrogens is 142 g/mol. The van der Waals surface area contributed by atoms with Crippen LogP contribution in [0.5, 0.6) is 0 Å². The van der Waals surface area contributed by atoms with Gasteiger partial charge < -0.3 is 5.11 Å². The van der Waals surface area contributed by atoms with Crippen LogP contribution in [0.15, 0.2) is 0 Å². The topological polar surface area (TPSA) is 40.5 Å². The predicted octanol–water partition coefficient (Wildman–Crippen LogP) is 0.801. The molecule has 0 aromatic carbocycles. The fraction of sp³-hybridized carbons (Fsp3) is 0.875. The summed E-state index contributed by atoms with van der Waals surface area (Å²) in [6.07, 6.45) is 0.821. The summed E-state index contributed by atoms with van der Waals surface area (Å²) < 4.78 is 0. The van der Waals surface area contributed by atoms with E-state index < -0.39 is 5.97 Å². The highest BCUT2D eigenvalue weighted by atomic mass is 16.4.